The lowest BCUT2D eigenvalue weighted by Crippen LogP contribution is -2.37. The van der Waals surface area contributed by atoms with Gasteiger partial charge in [-0.25, -0.2) is 0 Å². The molecule has 552 valence electrons. The number of nitrogens with zero attached hydrogens (tertiary/aromatic N) is 2. The van der Waals surface area contributed by atoms with Crippen LogP contribution in [0.15, 0.2) is 0 Å². The minimum atomic E-state index is -0.404. The molecule has 14 heteroatoms. The normalized spacial score (nSPS) is 19.9. The van der Waals surface area contributed by atoms with Crippen LogP contribution in [0.5, 0.6) is 23.0 Å². The molecule has 4 aliphatic heterocycles. The Bertz CT molecular complexity index is 2720. The molecule has 6 unspecified atom stereocenters. The number of piperidine rings is 2. The van der Waals surface area contributed by atoms with Crippen molar-refractivity contribution in [2.45, 2.75) is 327 Å². The van der Waals surface area contributed by atoms with Crippen molar-refractivity contribution in [3.05, 3.63) is 44.5 Å². The van der Waals surface area contributed by atoms with Crippen molar-refractivity contribution in [2.24, 2.45) is 41.4 Å². The van der Waals surface area contributed by atoms with Gasteiger partial charge in [-0.05, 0) is 246 Å². The molecule has 0 N–H and O–H groups in total. The van der Waals surface area contributed by atoms with Gasteiger partial charge in [0.15, 0.2) is 0 Å². The van der Waals surface area contributed by atoms with Crippen molar-refractivity contribution in [3.63, 3.8) is 0 Å². The van der Waals surface area contributed by atoms with Crippen LogP contribution in [-0.4, -0.2) is 109 Å². The number of carbonyl (C=O) groups is 4. The lowest BCUT2D eigenvalue weighted by Gasteiger charge is -2.38. The molecule has 4 heterocycles. The molecule has 0 radical (unpaired) electrons. The van der Waals surface area contributed by atoms with Crippen LogP contribution < -0.4 is 18.9 Å². The summed E-state index contributed by atoms with van der Waals surface area (Å²) in [5.74, 6) is 8.92. The number of ether oxygens (including phenoxy) is 6. The van der Waals surface area contributed by atoms with Crippen LogP contribution in [0.3, 0.4) is 0 Å². The lowest BCUT2D eigenvalue weighted by atomic mass is 9.83. The van der Waals surface area contributed by atoms with Crippen molar-refractivity contribution in [2.75, 3.05) is 64.0 Å². The van der Waals surface area contributed by atoms with Gasteiger partial charge < -0.3 is 38.2 Å². The molecule has 4 aliphatic rings. The third kappa shape index (κ3) is 28.7. The van der Waals surface area contributed by atoms with Gasteiger partial charge in [-0.15, -0.1) is 0 Å². The van der Waals surface area contributed by atoms with E-state index in [1.807, 2.05) is 49.3 Å². The average Bonchev–Trinajstić information content (AvgIpc) is 0.774. The summed E-state index contributed by atoms with van der Waals surface area (Å²) < 4.78 is 37.0. The monoisotopic (exact) mass is 1390 g/mol. The molecule has 0 spiro atoms. The van der Waals surface area contributed by atoms with Crippen LogP contribution in [0.1, 0.15) is 306 Å². The second kappa shape index (κ2) is 42.8. The van der Waals surface area contributed by atoms with E-state index in [1.165, 1.54) is 109 Å². The topological polar surface area (TPSA) is 130 Å². The molecule has 2 saturated heterocycles. The number of rotatable bonds is 45. The van der Waals surface area contributed by atoms with E-state index in [4.69, 9.17) is 28.4 Å². The second-order valence-corrected chi connectivity index (χ2v) is 34.9. The van der Waals surface area contributed by atoms with Crippen molar-refractivity contribution in [3.8, 4) is 23.0 Å². The highest BCUT2D eigenvalue weighted by molar-refractivity contribution is 8.76. The van der Waals surface area contributed by atoms with Gasteiger partial charge in [-0.1, -0.05) is 166 Å². The van der Waals surface area contributed by atoms with E-state index in [2.05, 4.69) is 86.0 Å². The van der Waals surface area contributed by atoms with Crippen LogP contribution in [0.2, 0.25) is 0 Å². The van der Waals surface area contributed by atoms with Crippen LogP contribution in [0.25, 0.3) is 0 Å². The zero-order chi connectivity index (χ0) is 70.5. The van der Waals surface area contributed by atoms with Gasteiger partial charge in [-0.2, -0.15) is 0 Å². The predicted molar refractivity (Wildman–Crippen MR) is 405 cm³/mol. The number of carbonyl (C=O) groups excluding carboxylic acids is 4. The van der Waals surface area contributed by atoms with Gasteiger partial charge in [0.05, 0.1) is 38.9 Å². The van der Waals surface area contributed by atoms with Crippen LogP contribution in [0.4, 0.5) is 0 Å². The largest absolute Gasteiger partial charge is 0.487 e. The third-order valence-electron chi connectivity index (χ3n) is 23.1. The van der Waals surface area contributed by atoms with Gasteiger partial charge in [0, 0.05) is 35.7 Å². The zero-order valence-corrected chi connectivity index (χ0v) is 65.9. The Morgan fingerprint density at radius 2 is 0.814 bits per heavy atom. The first kappa shape index (κ1) is 82.5. The summed E-state index contributed by atoms with van der Waals surface area (Å²) in [5.41, 5.74) is 7.73. The number of hydrogen-bond acceptors (Lipinski definition) is 14. The maximum absolute atomic E-state index is 13.2. The summed E-state index contributed by atoms with van der Waals surface area (Å²) in [7, 11) is 3.95. The SMILES string of the molecule is CCCCCC(C)CCCC(C)CCCC1(C)CCc2c(C)c(OC(=O)CCC(=O)OCCC3CCN(CCSSCCN4CCC(CCOC(=O)CCC(=O)Oc5c(C)c(C)c6c(c5C)CCC(C)(CCCC(C)CCCC(C)CCCC(C)C)O6)CC4)CC3)c(C)c(C)c2O1. The molecule has 6 rings (SSSR count). The summed E-state index contributed by atoms with van der Waals surface area (Å²) in [6.45, 7) is 40.7. The minimum absolute atomic E-state index is 0.00804. The van der Waals surface area contributed by atoms with Crippen LogP contribution >= 0.6 is 21.6 Å². The highest BCUT2D eigenvalue weighted by Crippen LogP contribution is 2.47. The molecule has 0 bridgehead atoms. The Balaban J connectivity index is 0.741. The zero-order valence-electron chi connectivity index (χ0n) is 64.2. The van der Waals surface area contributed by atoms with Gasteiger partial charge >= 0.3 is 23.9 Å². The van der Waals surface area contributed by atoms with Gasteiger partial charge in [0.2, 0.25) is 0 Å². The standard InChI is InChI=1S/C83H138N2O10S2/c1-16-17-18-25-60(4)27-20-29-62(6)31-22-45-82(14)47-37-72-68(12)78(64(8)66(10)80(72)94-82)92-76(88)35-33-74(86)90-55-43-70-39-49-84(50-40-70)53-57-96-97-58-54-85-51-41-71(42-52-85)44-56-91-75(87)34-36-77(89)93-79-65(9)67(11)81-73(69(79)13)38-48-83(15,95-81)46-23-32-63(7)30-21-28-61(5)26-19-24-59(2)3/h59-63,70-71H,16-58H2,1-15H3. The van der Waals surface area contributed by atoms with Gasteiger partial charge in [0.1, 0.15) is 34.2 Å². The summed E-state index contributed by atoms with van der Waals surface area (Å²) in [5, 5.41) is 0. The van der Waals surface area contributed by atoms with E-state index in [1.54, 1.807) is 0 Å². The molecule has 12 nitrogen and oxygen atoms in total. The molecule has 2 aromatic carbocycles. The van der Waals surface area contributed by atoms with Crippen molar-refractivity contribution in [1.82, 2.24) is 9.80 Å². The van der Waals surface area contributed by atoms with Gasteiger partial charge in [-0.3, -0.25) is 19.2 Å². The molecule has 2 aromatic rings. The Labute approximate surface area is 599 Å². The first-order valence-electron chi connectivity index (χ1n) is 39.4. The fraction of sp³-hybridized carbons (Fsp3) is 0.807. The Morgan fingerprint density at radius 1 is 0.464 bits per heavy atom. The van der Waals surface area contributed by atoms with Crippen LogP contribution in [-0.2, 0) is 41.5 Å². The Kier molecular flexibility index (Phi) is 36.4. The number of benzene rings is 2. The van der Waals surface area contributed by atoms with E-state index in [0.717, 1.165) is 213 Å². The van der Waals surface area contributed by atoms with Crippen molar-refractivity contribution in [1.29, 1.82) is 0 Å². The molecule has 0 saturated carbocycles. The molecule has 2 fully saturated rings. The average molecular weight is 1390 g/mol. The number of esters is 4. The fourth-order valence-electron chi connectivity index (χ4n) is 15.7. The number of hydrogen-bond donors (Lipinski definition) is 0. The highest BCUT2D eigenvalue weighted by atomic mass is 33.1. The molecule has 6 atom stereocenters. The van der Waals surface area contributed by atoms with E-state index in [9.17, 15) is 19.2 Å². The number of fused-ring (bicyclic) bond motifs is 2. The van der Waals surface area contributed by atoms with Crippen LogP contribution in [0, 0.1) is 83.0 Å². The van der Waals surface area contributed by atoms with Crippen molar-refractivity contribution >= 4 is 45.5 Å². The molecule has 0 aliphatic carbocycles. The van der Waals surface area contributed by atoms with E-state index >= 15 is 0 Å². The lowest BCUT2D eigenvalue weighted by molar-refractivity contribution is -0.147. The second-order valence-electron chi connectivity index (χ2n) is 32.2. The number of likely N-dealkylation sites (tertiary alicyclic amines) is 2. The first-order valence-corrected chi connectivity index (χ1v) is 41.9. The highest BCUT2D eigenvalue weighted by Gasteiger charge is 2.37. The third-order valence-corrected chi connectivity index (χ3v) is 25.4. The predicted octanol–water partition coefficient (Wildman–Crippen LogP) is 21.1. The Morgan fingerprint density at radius 3 is 1.19 bits per heavy atom. The fourth-order valence-corrected chi connectivity index (χ4v) is 17.8. The van der Waals surface area contributed by atoms with E-state index in [0.29, 0.717) is 36.5 Å². The first-order chi connectivity index (χ1) is 46.4. The maximum Gasteiger partial charge on any atom is 0.311 e. The molecular formula is C83H138N2O10S2. The molecule has 0 amide bonds. The van der Waals surface area contributed by atoms with Crippen molar-refractivity contribution < 1.29 is 47.6 Å². The Hall–Kier alpha value is -3.46. The van der Waals surface area contributed by atoms with Gasteiger partial charge in [0.25, 0.3) is 0 Å². The molecule has 0 aromatic heterocycles. The van der Waals surface area contributed by atoms with E-state index < -0.39 is 11.9 Å². The minimum Gasteiger partial charge on any atom is -0.487 e. The quantitative estimate of drug-likeness (QED) is 0.0270. The van der Waals surface area contributed by atoms with E-state index in [-0.39, 0.29) is 48.8 Å². The summed E-state index contributed by atoms with van der Waals surface area (Å²) >= 11 is 0. The summed E-state index contributed by atoms with van der Waals surface area (Å²) in [4.78, 5) is 57.1. The maximum atomic E-state index is 13.2. The smallest absolute Gasteiger partial charge is 0.311 e. The summed E-state index contributed by atoms with van der Waals surface area (Å²) in [6, 6.07) is 0. The molecule has 97 heavy (non-hydrogen) atoms. The summed E-state index contributed by atoms with van der Waals surface area (Å²) in [6.07, 6.45) is 34.3. The molecular weight excluding hydrogens is 1250 g/mol. The number of unbranched alkanes of at least 4 members (excludes halogenated alkanes) is 2.